The first-order valence-electron chi connectivity index (χ1n) is 11.1. The molecule has 1 aromatic heterocycles. The molecule has 5 rings (SSSR count). The molecule has 1 N–H and O–H groups in total. The van der Waals surface area contributed by atoms with Gasteiger partial charge in [0, 0.05) is 28.3 Å². The number of piperidine rings is 1. The Hall–Kier alpha value is -2.06. The standard InChI is InChI=1S/C25H27IN4O/c1-16-2-3-19(25(31)28-21-5-6-21)13-23(16)18-4-7-22-20(12-18)14-27-29-24(22)17-8-10-30(15-26)11-9-17/h2-4,7,12-14,17,21H,5-6,8-11,15H2,1H3,(H,28,31). The van der Waals surface area contributed by atoms with E-state index >= 15 is 0 Å². The number of alkyl halides is 1. The molecule has 0 radical (unpaired) electrons. The largest absolute Gasteiger partial charge is 0.349 e. The summed E-state index contributed by atoms with van der Waals surface area (Å²) in [6.45, 7) is 4.34. The van der Waals surface area contributed by atoms with Crippen LogP contribution in [0.15, 0.2) is 42.6 Å². The number of aryl methyl sites for hydroxylation is 1. The summed E-state index contributed by atoms with van der Waals surface area (Å²) in [7, 11) is 0. The molecular formula is C25H27IN4O. The maximum Gasteiger partial charge on any atom is 0.251 e. The van der Waals surface area contributed by atoms with Crippen molar-refractivity contribution in [3.63, 3.8) is 0 Å². The van der Waals surface area contributed by atoms with Crippen molar-refractivity contribution in [1.29, 1.82) is 0 Å². The van der Waals surface area contributed by atoms with Gasteiger partial charge in [0.05, 0.1) is 16.4 Å². The van der Waals surface area contributed by atoms with Gasteiger partial charge in [-0.05, 0) is 80.6 Å². The number of nitrogens with one attached hydrogen (secondary N) is 1. The molecule has 31 heavy (non-hydrogen) atoms. The summed E-state index contributed by atoms with van der Waals surface area (Å²) in [5.41, 5.74) is 5.23. The Morgan fingerprint density at radius 1 is 1.13 bits per heavy atom. The van der Waals surface area contributed by atoms with Crippen molar-refractivity contribution in [2.75, 3.05) is 17.6 Å². The Labute approximate surface area is 196 Å². The van der Waals surface area contributed by atoms with Gasteiger partial charge in [-0.15, -0.1) is 0 Å². The molecule has 2 heterocycles. The number of fused-ring (bicyclic) bond motifs is 1. The average molecular weight is 526 g/mol. The van der Waals surface area contributed by atoms with Crippen LogP contribution in [0.2, 0.25) is 0 Å². The van der Waals surface area contributed by atoms with Gasteiger partial charge in [0.1, 0.15) is 0 Å². The Morgan fingerprint density at radius 2 is 1.94 bits per heavy atom. The number of likely N-dealkylation sites (tertiary alicyclic amines) is 1. The van der Waals surface area contributed by atoms with Crippen LogP contribution in [0.5, 0.6) is 0 Å². The molecule has 1 saturated carbocycles. The fourth-order valence-electron chi connectivity index (χ4n) is 4.48. The zero-order chi connectivity index (χ0) is 21.4. The van der Waals surface area contributed by atoms with Crippen LogP contribution >= 0.6 is 22.6 Å². The lowest BCUT2D eigenvalue weighted by Gasteiger charge is -2.30. The van der Waals surface area contributed by atoms with Gasteiger partial charge in [-0.25, -0.2) is 0 Å². The number of carbonyl (C=O) groups is 1. The molecule has 3 aromatic rings. The van der Waals surface area contributed by atoms with Crippen molar-refractivity contribution in [3.8, 4) is 11.1 Å². The van der Waals surface area contributed by atoms with E-state index in [9.17, 15) is 4.79 Å². The van der Waals surface area contributed by atoms with Crippen LogP contribution in [0.25, 0.3) is 21.9 Å². The number of rotatable bonds is 5. The number of carbonyl (C=O) groups excluding carboxylic acids is 1. The van der Waals surface area contributed by atoms with Gasteiger partial charge in [-0.1, -0.05) is 40.8 Å². The van der Waals surface area contributed by atoms with Crippen molar-refractivity contribution < 1.29 is 4.79 Å². The number of benzene rings is 2. The van der Waals surface area contributed by atoms with E-state index in [2.05, 4.69) is 68.1 Å². The molecule has 0 atom stereocenters. The van der Waals surface area contributed by atoms with Crippen LogP contribution in [-0.2, 0) is 0 Å². The second-order valence-electron chi connectivity index (χ2n) is 8.82. The summed E-state index contributed by atoms with van der Waals surface area (Å²) in [5.74, 6) is 0.493. The van der Waals surface area contributed by atoms with Crippen LogP contribution in [0, 0.1) is 6.92 Å². The molecule has 1 aliphatic heterocycles. The lowest BCUT2D eigenvalue weighted by molar-refractivity contribution is 0.0951. The molecule has 5 nitrogen and oxygen atoms in total. The summed E-state index contributed by atoms with van der Waals surface area (Å²) >= 11 is 2.44. The molecule has 6 heteroatoms. The van der Waals surface area contributed by atoms with Crippen LogP contribution in [-0.4, -0.2) is 44.7 Å². The Morgan fingerprint density at radius 3 is 2.68 bits per heavy atom. The minimum atomic E-state index is 0.0236. The second-order valence-corrected chi connectivity index (χ2v) is 9.50. The number of aromatic nitrogens is 2. The topological polar surface area (TPSA) is 58.1 Å². The van der Waals surface area contributed by atoms with Crippen molar-refractivity contribution in [3.05, 3.63) is 59.4 Å². The first-order chi connectivity index (χ1) is 15.1. The molecule has 0 spiro atoms. The third kappa shape index (κ3) is 4.46. The Bertz CT molecular complexity index is 1120. The zero-order valence-corrected chi connectivity index (χ0v) is 19.9. The zero-order valence-electron chi connectivity index (χ0n) is 17.8. The van der Waals surface area contributed by atoms with Gasteiger partial charge in [-0.3, -0.25) is 9.69 Å². The highest BCUT2D eigenvalue weighted by molar-refractivity contribution is 14.1. The van der Waals surface area contributed by atoms with Crippen LogP contribution < -0.4 is 5.32 Å². The van der Waals surface area contributed by atoms with E-state index in [1.54, 1.807) is 0 Å². The predicted molar refractivity (Wildman–Crippen MR) is 133 cm³/mol. The summed E-state index contributed by atoms with van der Waals surface area (Å²) in [5, 5.41) is 14.3. The third-order valence-electron chi connectivity index (χ3n) is 6.56. The quantitative estimate of drug-likeness (QED) is 0.287. The second kappa shape index (κ2) is 8.82. The number of hydrogen-bond acceptors (Lipinski definition) is 4. The van der Waals surface area contributed by atoms with Gasteiger partial charge in [0.15, 0.2) is 0 Å². The molecule has 1 saturated heterocycles. The van der Waals surface area contributed by atoms with Gasteiger partial charge in [-0.2, -0.15) is 10.2 Å². The molecule has 2 aromatic carbocycles. The fraction of sp³-hybridized carbons (Fsp3) is 0.400. The van der Waals surface area contributed by atoms with Crippen LogP contribution in [0.4, 0.5) is 0 Å². The highest BCUT2D eigenvalue weighted by atomic mass is 127. The van der Waals surface area contributed by atoms with Gasteiger partial charge in [0.25, 0.3) is 5.91 Å². The van der Waals surface area contributed by atoms with Crippen molar-refractivity contribution >= 4 is 39.3 Å². The highest BCUT2D eigenvalue weighted by Crippen LogP contribution is 2.34. The lowest BCUT2D eigenvalue weighted by atomic mass is 9.89. The number of nitrogens with zero attached hydrogens (tertiary/aromatic N) is 3. The number of amides is 1. The molecule has 2 fully saturated rings. The molecule has 2 aliphatic rings. The summed E-state index contributed by atoms with van der Waals surface area (Å²) < 4.78 is 1.09. The third-order valence-corrected chi connectivity index (χ3v) is 7.52. The minimum Gasteiger partial charge on any atom is -0.349 e. The van der Waals surface area contributed by atoms with Gasteiger partial charge < -0.3 is 5.32 Å². The van der Waals surface area contributed by atoms with E-state index in [-0.39, 0.29) is 5.91 Å². The predicted octanol–water partition coefficient (Wildman–Crippen LogP) is 5.07. The van der Waals surface area contributed by atoms with Crippen LogP contribution in [0.3, 0.4) is 0 Å². The summed E-state index contributed by atoms with van der Waals surface area (Å²) in [4.78, 5) is 15.0. The maximum atomic E-state index is 12.5. The van der Waals surface area contributed by atoms with E-state index in [1.165, 1.54) is 5.39 Å². The summed E-state index contributed by atoms with van der Waals surface area (Å²) in [6, 6.07) is 12.9. The van der Waals surface area contributed by atoms with E-state index in [0.29, 0.717) is 12.0 Å². The minimum absolute atomic E-state index is 0.0236. The Balaban J connectivity index is 1.46. The molecule has 160 valence electrons. The van der Waals surface area contributed by atoms with Crippen molar-refractivity contribution in [2.45, 2.75) is 44.6 Å². The smallest absolute Gasteiger partial charge is 0.251 e. The highest BCUT2D eigenvalue weighted by Gasteiger charge is 2.25. The van der Waals surface area contributed by atoms with E-state index < -0.39 is 0 Å². The SMILES string of the molecule is Cc1ccc(C(=O)NC2CC2)cc1-c1ccc2c(C3CCN(CI)CC3)nncc2c1. The normalized spacial score (nSPS) is 17.7. The Kier molecular flexibility index (Phi) is 5.93. The molecular weight excluding hydrogens is 499 g/mol. The molecule has 1 amide bonds. The van der Waals surface area contributed by atoms with Gasteiger partial charge >= 0.3 is 0 Å². The lowest BCUT2D eigenvalue weighted by Crippen LogP contribution is -2.32. The fourth-order valence-corrected chi connectivity index (χ4v) is 5.16. The van der Waals surface area contributed by atoms with Gasteiger partial charge in [0.2, 0.25) is 0 Å². The van der Waals surface area contributed by atoms with Crippen molar-refractivity contribution in [2.24, 2.45) is 0 Å². The van der Waals surface area contributed by atoms with E-state index in [4.69, 9.17) is 0 Å². The first kappa shape index (κ1) is 20.8. The molecule has 0 unspecified atom stereocenters. The number of hydrogen-bond donors (Lipinski definition) is 1. The first-order valence-corrected chi connectivity index (χ1v) is 12.6. The van der Waals surface area contributed by atoms with E-state index in [1.807, 2.05) is 24.4 Å². The number of halogens is 1. The molecule has 0 bridgehead atoms. The van der Waals surface area contributed by atoms with E-state index in [0.717, 1.165) is 76.7 Å². The van der Waals surface area contributed by atoms with Crippen molar-refractivity contribution in [1.82, 2.24) is 20.4 Å². The monoisotopic (exact) mass is 526 g/mol. The summed E-state index contributed by atoms with van der Waals surface area (Å²) in [6.07, 6.45) is 6.32. The average Bonchev–Trinajstić information content (AvgIpc) is 3.62. The maximum absolute atomic E-state index is 12.5. The molecule has 1 aliphatic carbocycles. The van der Waals surface area contributed by atoms with Crippen LogP contribution in [0.1, 0.15) is 53.2 Å².